The van der Waals surface area contributed by atoms with E-state index in [1.165, 1.54) is 32.4 Å². The number of hydrogen-bond donors (Lipinski definition) is 1. The molecule has 5 rings (SSSR count). The Balaban J connectivity index is 1.61. The predicted octanol–water partition coefficient (Wildman–Crippen LogP) is 6.86. The number of piperidine rings is 2. The van der Waals surface area contributed by atoms with Crippen molar-refractivity contribution in [1.29, 1.82) is 0 Å². The van der Waals surface area contributed by atoms with Gasteiger partial charge >= 0.3 is 12.1 Å². The number of ether oxygens (including phenoxy) is 2. The van der Waals surface area contributed by atoms with Crippen molar-refractivity contribution in [2.24, 2.45) is 0 Å². The van der Waals surface area contributed by atoms with Crippen molar-refractivity contribution < 1.29 is 32.5 Å². The summed E-state index contributed by atoms with van der Waals surface area (Å²) < 4.78 is 52.5. The smallest absolute Gasteiger partial charge is 0.416 e. The fourth-order valence-corrected chi connectivity index (χ4v) is 6.25. The third-order valence-corrected chi connectivity index (χ3v) is 8.26. The first-order chi connectivity index (χ1) is 20.0. The van der Waals surface area contributed by atoms with E-state index < -0.39 is 17.7 Å². The van der Waals surface area contributed by atoms with Crippen LogP contribution in [-0.2, 0) is 12.7 Å². The molecule has 2 aliphatic rings. The maximum Gasteiger partial charge on any atom is 0.416 e. The number of carbonyl (C=O) groups is 1. The number of alkyl halides is 3. The molecule has 2 saturated heterocycles. The summed E-state index contributed by atoms with van der Waals surface area (Å²) in [6.45, 7) is 7.74. The number of pyridine rings is 1. The van der Waals surface area contributed by atoms with Gasteiger partial charge in [0.15, 0.2) is 11.5 Å². The Labute approximate surface area is 244 Å². The van der Waals surface area contributed by atoms with Gasteiger partial charge in [0, 0.05) is 35.2 Å². The highest BCUT2D eigenvalue weighted by molar-refractivity contribution is 6.06. The predicted molar refractivity (Wildman–Crippen MR) is 155 cm³/mol. The van der Waals surface area contributed by atoms with Crippen LogP contribution in [-0.4, -0.2) is 71.3 Å². The van der Waals surface area contributed by atoms with Crippen LogP contribution < -0.4 is 9.47 Å². The van der Waals surface area contributed by atoms with Gasteiger partial charge in [-0.05, 0) is 83.9 Å². The van der Waals surface area contributed by atoms with Gasteiger partial charge in [0.25, 0.3) is 0 Å². The van der Waals surface area contributed by atoms with Gasteiger partial charge in [-0.25, -0.2) is 9.78 Å². The van der Waals surface area contributed by atoms with E-state index in [-0.39, 0.29) is 29.5 Å². The Bertz CT molecular complexity index is 1430. The zero-order valence-corrected chi connectivity index (χ0v) is 24.3. The molecule has 1 aromatic heterocycles. The summed E-state index contributed by atoms with van der Waals surface area (Å²) in [7, 11) is 1.47. The first kappa shape index (κ1) is 30.1. The first-order valence-corrected chi connectivity index (χ1v) is 14.6. The molecule has 2 fully saturated rings. The highest BCUT2D eigenvalue weighted by Gasteiger charge is 2.32. The largest absolute Gasteiger partial charge is 0.493 e. The zero-order valence-electron chi connectivity index (χ0n) is 24.3. The summed E-state index contributed by atoms with van der Waals surface area (Å²) >= 11 is 0. The molecule has 0 bridgehead atoms. The van der Waals surface area contributed by atoms with E-state index in [1.54, 1.807) is 18.2 Å². The van der Waals surface area contributed by atoms with E-state index in [4.69, 9.17) is 14.5 Å². The monoisotopic (exact) mass is 585 g/mol. The minimum Gasteiger partial charge on any atom is -0.493 e. The molecule has 0 atom stereocenters. The van der Waals surface area contributed by atoms with Crippen LogP contribution in [0.25, 0.3) is 22.2 Å². The molecule has 0 spiro atoms. The number of rotatable bonds is 8. The molecule has 2 aromatic carbocycles. The summed E-state index contributed by atoms with van der Waals surface area (Å²) in [6, 6.07) is 8.64. The Kier molecular flexibility index (Phi) is 8.94. The number of benzene rings is 2. The average Bonchev–Trinajstić information content (AvgIpc) is 2.96. The standard InChI is InChI=1S/C32H38F3N3O4/c1-20(2)42-28-17-24-26(18-27(28)41-3)36-30(21-8-7-9-22(16-21)32(33,34)35)25(29(24)31(39)40)19-37-14-10-23(11-15-37)38-12-5-4-6-13-38/h7-9,16-18,20,23H,4-6,10-15,19H2,1-3H3,(H,39,40). The maximum absolute atomic E-state index is 13.7. The summed E-state index contributed by atoms with van der Waals surface area (Å²) in [6.07, 6.45) is 0.902. The minimum absolute atomic E-state index is 0.0156. The van der Waals surface area contributed by atoms with Gasteiger partial charge in [-0.1, -0.05) is 18.6 Å². The maximum atomic E-state index is 13.7. The molecular formula is C32H38F3N3O4. The number of aromatic carboxylic acids is 1. The van der Waals surface area contributed by atoms with Crippen LogP contribution in [0.1, 0.15) is 67.4 Å². The number of carboxylic acids is 1. The normalized spacial score (nSPS) is 17.6. The fraction of sp³-hybridized carbons (Fsp3) is 0.500. The molecule has 42 heavy (non-hydrogen) atoms. The Morgan fingerprint density at radius 1 is 1.05 bits per heavy atom. The van der Waals surface area contributed by atoms with Crippen LogP contribution in [0.2, 0.25) is 0 Å². The second-order valence-corrected chi connectivity index (χ2v) is 11.5. The van der Waals surface area contributed by atoms with Crippen LogP contribution in [0.3, 0.4) is 0 Å². The van der Waals surface area contributed by atoms with E-state index in [1.807, 2.05) is 13.8 Å². The highest BCUT2D eigenvalue weighted by Crippen LogP contribution is 2.40. The number of methoxy groups -OCH3 is 1. The number of likely N-dealkylation sites (tertiary alicyclic amines) is 2. The van der Waals surface area contributed by atoms with Crippen molar-refractivity contribution in [3.8, 4) is 22.8 Å². The van der Waals surface area contributed by atoms with Crippen molar-refractivity contribution in [3.63, 3.8) is 0 Å². The van der Waals surface area contributed by atoms with Crippen molar-refractivity contribution in [3.05, 3.63) is 53.1 Å². The Hall–Kier alpha value is -3.37. The number of carboxylic acid groups (broad SMARTS) is 1. The summed E-state index contributed by atoms with van der Waals surface area (Å²) in [5.41, 5.74) is 0.344. The lowest BCUT2D eigenvalue weighted by molar-refractivity contribution is -0.137. The molecule has 2 aliphatic heterocycles. The number of fused-ring (bicyclic) bond motifs is 1. The molecule has 0 aliphatic carbocycles. The Morgan fingerprint density at radius 2 is 1.76 bits per heavy atom. The SMILES string of the molecule is COc1cc2nc(-c3cccc(C(F)(F)F)c3)c(CN3CCC(N4CCCCC4)CC3)c(C(=O)O)c2cc1OC(C)C. The number of aromatic nitrogens is 1. The highest BCUT2D eigenvalue weighted by atomic mass is 19.4. The van der Waals surface area contributed by atoms with Gasteiger partial charge in [0.05, 0.1) is 35.6 Å². The van der Waals surface area contributed by atoms with Crippen LogP contribution >= 0.6 is 0 Å². The lowest BCUT2D eigenvalue weighted by Gasteiger charge is -2.40. The summed E-state index contributed by atoms with van der Waals surface area (Å²) in [4.78, 5) is 22.5. The van der Waals surface area contributed by atoms with Gasteiger partial charge in [-0.2, -0.15) is 13.2 Å². The van der Waals surface area contributed by atoms with Crippen LogP contribution in [0.4, 0.5) is 13.2 Å². The van der Waals surface area contributed by atoms with E-state index >= 15 is 0 Å². The molecule has 3 heterocycles. The molecule has 0 saturated carbocycles. The van der Waals surface area contributed by atoms with Crippen molar-refractivity contribution in [2.45, 2.75) is 70.8 Å². The number of hydrogen-bond acceptors (Lipinski definition) is 6. The van der Waals surface area contributed by atoms with E-state index in [0.29, 0.717) is 34.0 Å². The van der Waals surface area contributed by atoms with Crippen LogP contribution in [0, 0.1) is 0 Å². The van der Waals surface area contributed by atoms with E-state index in [2.05, 4.69) is 9.80 Å². The van der Waals surface area contributed by atoms with Gasteiger partial charge in [0.1, 0.15) is 0 Å². The van der Waals surface area contributed by atoms with Gasteiger partial charge in [0.2, 0.25) is 0 Å². The molecule has 0 amide bonds. The molecule has 3 aromatic rings. The van der Waals surface area contributed by atoms with Gasteiger partial charge < -0.3 is 19.5 Å². The third-order valence-electron chi connectivity index (χ3n) is 8.26. The minimum atomic E-state index is -4.55. The molecule has 1 N–H and O–H groups in total. The molecule has 7 nitrogen and oxygen atoms in total. The lowest BCUT2D eigenvalue weighted by atomic mass is 9.94. The quantitative estimate of drug-likeness (QED) is 0.309. The second-order valence-electron chi connectivity index (χ2n) is 11.5. The molecule has 10 heteroatoms. The van der Waals surface area contributed by atoms with E-state index in [0.717, 1.165) is 51.2 Å². The molecule has 226 valence electrons. The van der Waals surface area contributed by atoms with Crippen molar-refractivity contribution in [2.75, 3.05) is 33.3 Å². The zero-order chi connectivity index (χ0) is 30.0. The number of nitrogens with zero attached hydrogens (tertiary/aromatic N) is 3. The number of halogens is 3. The van der Waals surface area contributed by atoms with Gasteiger partial charge in [-0.3, -0.25) is 4.90 Å². The average molecular weight is 586 g/mol. The lowest BCUT2D eigenvalue weighted by Crippen LogP contribution is -2.46. The van der Waals surface area contributed by atoms with Gasteiger partial charge in [-0.15, -0.1) is 0 Å². The van der Waals surface area contributed by atoms with Crippen LogP contribution in [0.5, 0.6) is 11.5 Å². The van der Waals surface area contributed by atoms with Crippen LogP contribution in [0.15, 0.2) is 36.4 Å². The molecular weight excluding hydrogens is 547 g/mol. The second kappa shape index (κ2) is 12.5. The summed E-state index contributed by atoms with van der Waals surface area (Å²) in [5, 5.41) is 10.9. The van der Waals surface area contributed by atoms with Crippen molar-refractivity contribution >= 4 is 16.9 Å². The first-order valence-electron chi connectivity index (χ1n) is 14.6. The topological polar surface area (TPSA) is 75.1 Å². The fourth-order valence-electron chi connectivity index (χ4n) is 6.25. The van der Waals surface area contributed by atoms with E-state index in [9.17, 15) is 23.1 Å². The summed E-state index contributed by atoms with van der Waals surface area (Å²) in [5.74, 6) is -0.429. The third kappa shape index (κ3) is 6.49. The van der Waals surface area contributed by atoms with Crippen molar-refractivity contribution in [1.82, 2.24) is 14.8 Å². The molecule has 0 radical (unpaired) electrons. The Morgan fingerprint density at radius 3 is 2.38 bits per heavy atom. The molecule has 0 unspecified atom stereocenters.